The average molecular weight is 373 g/mol. The minimum Gasteiger partial charge on any atom is -0.370 e. The van der Waals surface area contributed by atoms with E-state index < -0.39 is 0 Å². The van der Waals surface area contributed by atoms with Gasteiger partial charge in [-0.25, -0.2) is 14.5 Å². The molecule has 7 nitrogen and oxygen atoms in total. The van der Waals surface area contributed by atoms with Gasteiger partial charge in [0.25, 0.3) is 5.91 Å². The summed E-state index contributed by atoms with van der Waals surface area (Å²) < 4.78 is 7.55. The lowest BCUT2D eigenvalue weighted by atomic mass is 9.94. The van der Waals surface area contributed by atoms with E-state index in [4.69, 9.17) is 4.74 Å². The van der Waals surface area contributed by atoms with Crippen molar-refractivity contribution in [2.24, 2.45) is 0 Å². The van der Waals surface area contributed by atoms with E-state index in [2.05, 4.69) is 35.8 Å². The van der Waals surface area contributed by atoms with Crippen LogP contribution < -0.4 is 0 Å². The minimum absolute atomic E-state index is 0.150. The van der Waals surface area contributed by atoms with Crippen molar-refractivity contribution in [2.75, 3.05) is 13.6 Å². The van der Waals surface area contributed by atoms with Gasteiger partial charge in [-0.2, -0.15) is 0 Å². The maximum absolute atomic E-state index is 12.6. The van der Waals surface area contributed by atoms with E-state index in [1.54, 1.807) is 34.1 Å². The van der Waals surface area contributed by atoms with E-state index in [1.807, 2.05) is 0 Å². The Morgan fingerprint density at radius 2 is 2.27 bits per heavy atom. The van der Waals surface area contributed by atoms with Gasteiger partial charge in [0.05, 0.1) is 17.6 Å². The number of aromatic nitrogens is 4. The zero-order chi connectivity index (χ0) is 18.5. The van der Waals surface area contributed by atoms with Crippen molar-refractivity contribution in [3.63, 3.8) is 0 Å². The molecule has 0 unspecified atom stereocenters. The molecule has 0 N–H and O–H groups in total. The Balaban J connectivity index is 1.80. The molecule has 1 amide bonds. The van der Waals surface area contributed by atoms with Gasteiger partial charge in [0.2, 0.25) is 5.82 Å². The number of ether oxygens (including phenoxy) is 1. The van der Waals surface area contributed by atoms with Crippen LogP contribution in [0.4, 0.5) is 0 Å². The number of rotatable bonds is 4. The van der Waals surface area contributed by atoms with Crippen molar-refractivity contribution < 1.29 is 9.53 Å². The zero-order valence-electron chi connectivity index (χ0n) is 15.6. The third kappa shape index (κ3) is 2.87. The van der Waals surface area contributed by atoms with E-state index in [0.717, 1.165) is 29.5 Å². The van der Waals surface area contributed by atoms with Crippen LogP contribution in [0.5, 0.6) is 0 Å². The molecule has 4 heterocycles. The van der Waals surface area contributed by atoms with Crippen LogP contribution in [0.3, 0.4) is 0 Å². The number of hydrogen-bond donors (Lipinski definition) is 0. The lowest BCUT2D eigenvalue weighted by molar-refractivity contribution is -0.0379. The van der Waals surface area contributed by atoms with Gasteiger partial charge < -0.3 is 9.64 Å². The zero-order valence-corrected chi connectivity index (χ0v) is 16.4. The molecule has 0 saturated heterocycles. The predicted octanol–water partition coefficient (Wildman–Crippen LogP) is 3.06. The monoisotopic (exact) mass is 373 g/mol. The molecule has 26 heavy (non-hydrogen) atoms. The van der Waals surface area contributed by atoms with Gasteiger partial charge in [-0.1, -0.05) is 13.3 Å². The molecule has 8 heteroatoms. The number of carbonyl (C=O) groups is 1. The molecule has 0 aliphatic carbocycles. The first-order valence-corrected chi connectivity index (χ1v) is 9.76. The minimum atomic E-state index is -0.215. The van der Waals surface area contributed by atoms with Crippen LogP contribution in [-0.2, 0) is 17.8 Å². The second-order valence-electron chi connectivity index (χ2n) is 7.44. The number of thiophene rings is 1. The van der Waals surface area contributed by atoms with Gasteiger partial charge >= 0.3 is 0 Å². The third-order valence-electron chi connectivity index (χ3n) is 4.79. The van der Waals surface area contributed by atoms with E-state index in [1.165, 1.54) is 10.4 Å². The highest BCUT2D eigenvalue weighted by Gasteiger charge is 2.31. The summed E-state index contributed by atoms with van der Waals surface area (Å²) in [7, 11) is 1.80. The first kappa shape index (κ1) is 17.4. The molecule has 0 bridgehead atoms. The number of hydrogen-bond acceptors (Lipinski definition) is 6. The fraction of sp³-hybridized carbons (Fsp3) is 0.556. The Labute approximate surface area is 156 Å². The number of nitrogens with zero attached hydrogens (tertiary/aromatic N) is 5. The maximum atomic E-state index is 12.6. The summed E-state index contributed by atoms with van der Waals surface area (Å²) in [5, 5.41) is 5.39. The highest BCUT2D eigenvalue weighted by molar-refractivity contribution is 7.19. The lowest BCUT2D eigenvalue weighted by Gasteiger charge is -2.30. The first-order valence-electron chi connectivity index (χ1n) is 8.94. The molecule has 0 saturated carbocycles. The molecular weight excluding hydrogens is 350 g/mol. The molecule has 1 aliphatic heterocycles. The van der Waals surface area contributed by atoms with Crippen molar-refractivity contribution in [1.82, 2.24) is 24.5 Å². The van der Waals surface area contributed by atoms with Gasteiger partial charge in [-0.3, -0.25) is 4.79 Å². The van der Waals surface area contributed by atoms with Gasteiger partial charge in [0, 0.05) is 24.9 Å². The van der Waals surface area contributed by atoms with Crippen molar-refractivity contribution in [3.05, 3.63) is 22.6 Å². The van der Waals surface area contributed by atoms with Crippen molar-refractivity contribution in [2.45, 2.75) is 52.2 Å². The van der Waals surface area contributed by atoms with Crippen LogP contribution in [0.2, 0.25) is 0 Å². The molecule has 0 fully saturated rings. The van der Waals surface area contributed by atoms with E-state index in [9.17, 15) is 4.79 Å². The summed E-state index contributed by atoms with van der Waals surface area (Å²) >= 11 is 1.64. The fourth-order valence-corrected chi connectivity index (χ4v) is 4.37. The van der Waals surface area contributed by atoms with Crippen molar-refractivity contribution in [3.8, 4) is 0 Å². The van der Waals surface area contributed by atoms with Crippen LogP contribution in [0.15, 0.2) is 6.33 Å². The Morgan fingerprint density at radius 3 is 3.04 bits per heavy atom. The molecule has 0 radical (unpaired) electrons. The quantitative estimate of drug-likeness (QED) is 0.703. The standard InChI is InChI=1S/C18H23N5O2S/c1-5-6-7-22(4)17(24)14-20-15-13-11-8-18(2,3)25-9-12(11)26-16(13)19-10-23(15)21-14/h10H,5-9H2,1-4H3. The third-order valence-corrected chi connectivity index (χ3v) is 5.91. The number of amides is 1. The Kier molecular flexibility index (Phi) is 4.19. The van der Waals surface area contributed by atoms with Gasteiger partial charge in [0.15, 0.2) is 5.65 Å². The Bertz CT molecular complexity index is 990. The first-order chi connectivity index (χ1) is 12.4. The summed E-state index contributed by atoms with van der Waals surface area (Å²) in [4.78, 5) is 25.5. The molecule has 0 atom stereocenters. The van der Waals surface area contributed by atoms with Gasteiger partial charge in [-0.15, -0.1) is 16.4 Å². The second kappa shape index (κ2) is 6.28. The average Bonchev–Trinajstić information content (AvgIpc) is 3.18. The molecule has 0 spiro atoms. The molecule has 3 aromatic rings. The smallest absolute Gasteiger partial charge is 0.293 e. The Hall–Kier alpha value is -2.06. The maximum Gasteiger partial charge on any atom is 0.293 e. The van der Waals surface area contributed by atoms with Crippen LogP contribution in [0.1, 0.15) is 54.7 Å². The van der Waals surface area contributed by atoms with Crippen LogP contribution in [-0.4, -0.2) is 49.6 Å². The number of fused-ring (bicyclic) bond motifs is 5. The molecule has 3 aromatic heterocycles. The van der Waals surface area contributed by atoms with Crippen LogP contribution in [0, 0.1) is 0 Å². The predicted molar refractivity (Wildman–Crippen MR) is 101 cm³/mol. The molecule has 4 rings (SSSR count). The highest BCUT2D eigenvalue weighted by atomic mass is 32.1. The fourth-order valence-electron chi connectivity index (χ4n) is 3.30. The van der Waals surface area contributed by atoms with Crippen molar-refractivity contribution in [1.29, 1.82) is 0 Å². The molecule has 1 aliphatic rings. The topological polar surface area (TPSA) is 72.6 Å². The second-order valence-corrected chi connectivity index (χ2v) is 8.52. The highest BCUT2D eigenvalue weighted by Crippen LogP contribution is 2.39. The SMILES string of the molecule is CCCCN(C)C(=O)c1nc2c3c4c(sc3ncn2n1)COC(C)(C)C4. The van der Waals surface area contributed by atoms with Gasteiger partial charge in [0.1, 0.15) is 11.2 Å². The lowest BCUT2D eigenvalue weighted by Crippen LogP contribution is -2.31. The summed E-state index contributed by atoms with van der Waals surface area (Å²) in [6, 6.07) is 0. The molecule has 138 valence electrons. The van der Waals surface area contributed by atoms with Crippen LogP contribution >= 0.6 is 11.3 Å². The van der Waals surface area contributed by atoms with Gasteiger partial charge in [-0.05, 0) is 25.8 Å². The van der Waals surface area contributed by atoms with E-state index in [0.29, 0.717) is 18.8 Å². The van der Waals surface area contributed by atoms with Crippen LogP contribution in [0.25, 0.3) is 15.9 Å². The summed E-state index contributed by atoms with van der Waals surface area (Å²) in [5.41, 5.74) is 1.72. The van der Waals surface area contributed by atoms with E-state index in [-0.39, 0.29) is 17.3 Å². The summed E-state index contributed by atoms with van der Waals surface area (Å²) in [6.45, 7) is 7.59. The number of unbranched alkanes of at least 4 members (excludes halogenated alkanes) is 1. The summed E-state index contributed by atoms with van der Waals surface area (Å²) in [5.74, 6) is 0.0761. The summed E-state index contributed by atoms with van der Waals surface area (Å²) in [6.07, 6.45) is 4.45. The number of carbonyl (C=O) groups excluding carboxylic acids is 1. The van der Waals surface area contributed by atoms with Crippen molar-refractivity contribution >= 4 is 33.1 Å². The molecular formula is C18H23N5O2S. The largest absolute Gasteiger partial charge is 0.370 e. The molecule has 0 aromatic carbocycles. The Morgan fingerprint density at radius 1 is 1.46 bits per heavy atom. The van der Waals surface area contributed by atoms with E-state index >= 15 is 0 Å². The normalized spacial score (nSPS) is 16.2.